The van der Waals surface area contributed by atoms with E-state index in [1.165, 1.54) is 36.5 Å². The molecule has 8 aromatic carbocycles. The zero-order chi connectivity index (χ0) is 37.5. The summed E-state index contributed by atoms with van der Waals surface area (Å²) >= 11 is 1.80. The Kier molecular flexibility index (Phi) is 7.03. The van der Waals surface area contributed by atoms with Crippen molar-refractivity contribution in [1.29, 1.82) is 0 Å². The van der Waals surface area contributed by atoms with Crippen LogP contribution >= 0.6 is 11.3 Å². The van der Waals surface area contributed by atoms with Gasteiger partial charge in [-0.1, -0.05) is 140 Å². The molecule has 0 saturated carbocycles. The molecule has 0 atom stereocenters. The van der Waals surface area contributed by atoms with E-state index in [1.807, 2.05) is 18.2 Å². The van der Waals surface area contributed by atoms with Crippen LogP contribution in [0.4, 0.5) is 0 Å². The third kappa shape index (κ3) is 4.84. The van der Waals surface area contributed by atoms with E-state index in [-0.39, 0.29) is 0 Å². The summed E-state index contributed by atoms with van der Waals surface area (Å²) < 4.78 is 7.29. The number of aromatic nitrogens is 5. The Morgan fingerprint density at radius 1 is 0.351 bits per heavy atom. The minimum atomic E-state index is 0.639. The van der Waals surface area contributed by atoms with Gasteiger partial charge < -0.3 is 9.13 Å². The maximum absolute atomic E-state index is 5.38. The summed E-state index contributed by atoms with van der Waals surface area (Å²) in [5.41, 5.74) is 9.66. The molecule has 0 unspecified atom stereocenters. The molecule has 12 rings (SSSR count). The van der Waals surface area contributed by atoms with Gasteiger partial charge in [-0.2, -0.15) is 0 Å². The van der Waals surface area contributed by atoms with E-state index in [0.717, 1.165) is 55.4 Å². The van der Waals surface area contributed by atoms with E-state index in [2.05, 4.69) is 179 Å². The summed E-state index contributed by atoms with van der Waals surface area (Å²) in [5, 5.41) is 7.05. The third-order valence-electron chi connectivity index (χ3n) is 11.2. The van der Waals surface area contributed by atoms with Gasteiger partial charge in [0, 0.05) is 64.1 Å². The molecule has 12 aromatic rings. The van der Waals surface area contributed by atoms with E-state index >= 15 is 0 Å². The molecule has 4 heterocycles. The van der Waals surface area contributed by atoms with Gasteiger partial charge >= 0.3 is 0 Å². The van der Waals surface area contributed by atoms with Crippen LogP contribution in [-0.4, -0.2) is 24.1 Å². The molecular weight excluding hydrogens is 715 g/mol. The van der Waals surface area contributed by atoms with Crippen molar-refractivity contribution in [3.05, 3.63) is 188 Å². The molecule has 0 aliphatic heterocycles. The molecule has 57 heavy (non-hydrogen) atoms. The number of hydrogen-bond acceptors (Lipinski definition) is 4. The van der Waals surface area contributed by atoms with Crippen LogP contribution in [0, 0.1) is 0 Å². The maximum atomic E-state index is 5.38. The molecule has 266 valence electrons. The summed E-state index contributed by atoms with van der Waals surface area (Å²) in [7, 11) is 0. The lowest BCUT2D eigenvalue weighted by molar-refractivity contribution is 1.08. The first-order valence-corrected chi connectivity index (χ1v) is 19.9. The summed E-state index contributed by atoms with van der Waals surface area (Å²) in [6.07, 6.45) is 0. The molecular formula is C51H31N5S. The standard InChI is InChI=1S/C51H31N5S/c1-3-16-32(17-4-1)49-52-50(54-51(53-49)39-25-15-31-45-47(39)37-22-9-12-30-44(37)57-45)38-24-14-28-42-46(38)36-21-8-11-27-41(36)56(42)43-29-13-23-35-34-20-7-10-26-40(34)55(48(35)43)33-18-5-2-6-19-33/h1-31H. The molecule has 0 radical (unpaired) electrons. The van der Waals surface area contributed by atoms with Crippen molar-refractivity contribution < 1.29 is 0 Å². The first kappa shape index (κ1) is 31.9. The van der Waals surface area contributed by atoms with Gasteiger partial charge in [0.05, 0.1) is 27.8 Å². The van der Waals surface area contributed by atoms with Crippen LogP contribution in [0.1, 0.15) is 0 Å². The Morgan fingerprint density at radius 2 is 0.895 bits per heavy atom. The van der Waals surface area contributed by atoms with E-state index in [4.69, 9.17) is 15.0 Å². The van der Waals surface area contributed by atoms with Crippen molar-refractivity contribution in [2.45, 2.75) is 0 Å². The van der Waals surface area contributed by atoms with E-state index in [9.17, 15) is 0 Å². The van der Waals surface area contributed by atoms with Gasteiger partial charge in [0.15, 0.2) is 17.5 Å². The number of benzene rings is 8. The number of para-hydroxylation sites is 4. The van der Waals surface area contributed by atoms with Gasteiger partial charge in [-0.05, 0) is 48.5 Å². The predicted octanol–water partition coefficient (Wildman–Crippen LogP) is 13.4. The zero-order valence-corrected chi connectivity index (χ0v) is 31.4. The van der Waals surface area contributed by atoms with Crippen molar-refractivity contribution >= 4 is 75.1 Å². The van der Waals surface area contributed by atoms with Gasteiger partial charge in [0.25, 0.3) is 0 Å². The quantitative estimate of drug-likeness (QED) is 0.176. The fourth-order valence-electron chi connectivity index (χ4n) is 8.79. The monoisotopic (exact) mass is 745 g/mol. The van der Waals surface area contributed by atoms with Crippen LogP contribution in [-0.2, 0) is 0 Å². The molecule has 5 nitrogen and oxygen atoms in total. The second-order valence-corrected chi connectivity index (χ2v) is 15.4. The van der Waals surface area contributed by atoms with E-state index < -0.39 is 0 Å². The largest absolute Gasteiger partial charge is 0.307 e. The second-order valence-electron chi connectivity index (χ2n) is 14.4. The van der Waals surface area contributed by atoms with Crippen molar-refractivity contribution in [2.24, 2.45) is 0 Å². The Labute approximate surface area is 331 Å². The minimum Gasteiger partial charge on any atom is -0.307 e. The lowest BCUT2D eigenvalue weighted by atomic mass is 10.0. The lowest BCUT2D eigenvalue weighted by Crippen LogP contribution is -2.01. The van der Waals surface area contributed by atoms with Gasteiger partial charge in [0.2, 0.25) is 0 Å². The normalized spacial score (nSPS) is 11.9. The number of rotatable bonds is 5. The van der Waals surface area contributed by atoms with Gasteiger partial charge in [-0.25, -0.2) is 15.0 Å². The summed E-state index contributed by atoms with van der Waals surface area (Å²) in [5.74, 6) is 1.94. The highest BCUT2D eigenvalue weighted by Crippen LogP contribution is 2.43. The lowest BCUT2D eigenvalue weighted by Gasteiger charge is -2.14. The highest BCUT2D eigenvalue weighted by molar-refractivity contribution is 7.25. The van der Waals surface area contributed by atoms with Gasteiger partial charge in [-0.3, -0.25) is 0 Å². The van der Waals surface area contributed by atoms with Crippen LogP contribution < -0.4 is 0 Å². The number of hydrogen-bond donors (Lipinski definition) is 0. The molecule has 0 fully saturated rings. The maximum Gasteiger partial charge on any atom is 0.164 e. The Balaban J connectivity index is 1.16. The Bertz CT molecular complexity index is 3520. The highest BCUT2D eigenvalue weighted by Gasteiger charge is 2.23. The fourth-order valence-corrected chi connectivity index (χ4v) is 9.92. The summed E-state index contributed by atoms with van der Waals surface area (Å²) in [6, 6.07) is 66.6. The van der Waals surface area contributed by atoms with Crippen LogP contribution in [0.25, 0.3) is 109 Å². The van der Waals surface area contributed by atoms with Crippen LogP contribution in [0.5, 0.6) is 0 Å². The smallest absolute Gasteiger partial charge is 0.164 e. The molecule has 6 heteroatoms. The molecule has 0 saturated heterocycles. The summed E-state index contributed by atoms with van der Waals surface area (Å²) in [6.45, 7) is 0. The molecule has 0 N–H and O–H groups in total. The van der Waals surface area contributed by atoms with Crippen molar-refractivity contribution in [3.63, 3.8) is 0 Å². The topological polar surface area (TPSA) is 48.5 Å². The van der Waals surface area contributed by atoms with Crippen LogP contribution in [0.15, 0.2) is 188 Å². The Morgan fingerprint density at radius 3 is 1.68 bits per heavy atom. The fraction of sp³-hybridized carbons (Fsp3) is 0. The molecule has 0 bridgehead atoms. The number of nitrogens with zero attached hydrogens (tertiary/aromatic N) is 5. The zero-order valence-electron chi connectivity index (χ0n) is 30.5. The van der Waals surface area contributed by atoms with E-state index in [1.54, 1.807) is 11.3 Å². The van der Waals surface area contributed by atoms with Crippen LogP contribution in [0.3, 0.4) is 0 Å². The average molecular weight is 746 g/mol. The third-order valence-corrected chi connectivity index (χ3v) is 12.3. The molecule has 0 aliphatic carbocycles. The average Bonchev–Trinajstić information content (AvgIpc) is 3.95. The van der Waals surface area contributed by atoms with Gasteiger partial charge in [0.1, 0.15) is 0 Å². The first-order valence-electron chi connectivity index (χ1n) is 19.1. The van der Waals surface area contributed by atoms with Crippen LogP contribution in [0.2, 0.25) is 0 Å². The predicted molar refractivity (Wildman–Crippen MR) is 238 cm³/mol. The number of thiophene rings is 1. The number of fused-ring (bicyclic) bond motifs is 9. The first-order chi connectivity index (χ1) is 28.3. The van der Waals surface area contributed by atoms with Crippen molar-refractivity contribution in [1.82, 2.24) is 24.1 Å². The summed E-state index contributed by atoms with van der Waals surface area (Å²) in [4.78, 5) is 15.8. The van der Waals surface area contributed by atoms with Crippen molar-refractivity contribution in [3.8, 4) is 45.5 Å². The molecule has 0 aliphatic rings. The molecule has 0 amide bonds. The van der Waals surface area contributed by atoms with Crippen molar-refractivity contribution in [2.75, 3.05) is 0 Å². The minimum absolute atomic E-state index is 0.639. The highest BCUT2D eigenvalue weighted by atomic mass is 32.1. The molecule has 4 aromatic heterocycles. The SMILES string of the molecule is c1ccc(-c2nc(-c3cccc4sc5ccccc5c34)nc(-c3cccc4c3c3ccccc3n4-c3cccc4c5ccccc5n(-c5ccccc5)c34)n2)cc1. The second kappa shape index (κ2) is 12.6. The van der Waals surface area contributed by atoms with Gasteiger partial charge in [-0.15, -0.1) is 11.3 Å². The Hall–Kier alpha value is -7.41. The molecule has 0 spiro atoms. The van der Waals surface area contributed by atoms with E-state index in [0.29, 0.717) is 17.5 Å².